The Morgan fingerprint density at radius 3 is 2.62 bits per heavy atom. The smallest absolute Gasteiger partial charge is 0.229 e. The molecule has 7 heteroatoms. The third-order valence-corrected chi connectivity index (χ3v) is 4.24. The summed E-state index contributed by atoms with van der Waals surface area (Å²) in [6.07, 6.45) is 3.09. The fraction of sp³-hybridized carbons (Fsp3) is 0.412. The van der Waals surface area contributed by atoms with Crippen LogP contribution in [0, 0.1) is 0 Å². The van der Waals surface area contributed by atoms with E-state index in [2.05, 4.69) is 46.7 Å². The van der Waals surface area contributed by atoms with Crippen LogP contribution in [0.5, 0.6) is 0 Å². The second-order valence-electron chi connectivity index (χ2n) is 5.66. The van der Waals surface area contributed by atoms with E-state index in [0.717, 1.165) is 31.7 Å². The maximum Gasteiger partial charge on any atom is 0.229 e. The summed E-state index contributed by atoms with van der Waals surface area (Å²) >= 11 is 0. The van der Waals surface area contributed by atoms with E-state index in [1.807, 2.05) is 11.0 Å². The molecule has 0 spiro atoms. The molecule has 1 amide bonds. The topological polar surface area (TPSA) is 61.0 Å². The Bertz CT molecular complexity index is 616. The number of benzene rings is 1. The molecule has 2 heterocycles. The van der Waals surface area contributed by atoms with Crippen LogP contribution in [-0.2, 0) is 17.6 Å². The molecule has 1 fully saturated rings. The highest BCUT2D eigenvalue weighted by Crippen LogP contribution is 2.23. The van der Waals surface area contributed by atoms with E-state index in [4.69, 9.17) is 0 Å². The van der Waals surface area contributed by atoms with Crippen molar-refractivity contribution in [3.8, 4) is 0 Å². The molecule has 3 rings (SSSR count). The number of aryl methyl sites for hydroxylation is 1. The normalized spacial score (nSPS) is 16.9. The van der Waals surface area contributed by atoms with Crippen LogP contribution in [0.25, 0.3) is 0 Å². The van der Waals surface area contributed by atoms with Crippen LogP contribution in [0.3, 0.4) is 0 Å². The molecule has 0 aliphatic carbocycles. The highest BCUT2D eigenvalue weighted by Gasteiger charge is 2.27. The van der Waals surface area contributed by atoms with Gasteiger partial charge in [-0.1, -0.05) is 31.2 Å². The van der Waals surface area contributed by atoms with Crippen LogP contribution in [0.2, 0.25) is 0 Å². The zero-order valence-corrected chi connectivity index (χ0v) is 15.3. The van der Waals surface area contributed by atoms with Gasteiger partial charge >= 0.3 is 0 Å². The van der Waals surface area contributed by atoms with Crippen molar-refractivity contribution in [2.45, 2.75) is 25.8 Å². The number of hydrogen-bond acceptors (Lipinski definition) is 3. The Morgan fingerprint density at radius 2 is 2.00 bits per heavy atom. The van der Waals surface area contributed by atoms with Gasteiger partial charge in [-0.05, 0) is 23.6 Å². The molecule has 0 bridgehead atoms. The largest absolute Gasteiger partial charge is 0.333 e. The molecule has 2 aromatic rings. The molecule has 1 unspecified atom stereocenters. The third kappa shape index (κ3) is 4.72. The Hall–Kier alpha value is -1.56. The molecule has 5 nitrogen and oxygen atoms in total. The van der Waals surface area contributed by atoms with Crippen LogP contribution in [0.4, 0.5) is 0 Å². The summed E-state index contributed by atoms with van der Waals surface area (Å²) in [6.45, 7) is 4.54. The van der Waals surface area contributed by atoms with Gasteiger partial charge in [0.25, 0.3) is 0 Å². The van der Waals surface area contributed by atoms with Crippen LogP contribution >= 0.6 is 24.8 Å². The molecule has 1 aliphatic heterocycles. The molecular formula is C17H24Cl2N4O. The van der Waals surface area contributed by atoms with Crippen LogP contribution in [-0.4, -0.2) is 40.6 Å². The average molecular weight is 371 g/mol. The highest BCUT2D eigenvalue weighted by molar-refractivity contribution is 5.85. The summed E-state index contributed by atoms with van der Waals surface area (Å²) < 4.78 is 0. The Balaban J connectivity index is 0.00000144. The van der Waals surface area contributed by atoms with Gasteiger partial charge < -0.3 is 10.2 Å². The fourth-order valence-electron chi connectivity index (χ4n) is 2.92. The van der Waals surface area contributed by atoms with E-state index >= 15 is 0 Å². The van der Waals surface area contributed by atoms with Crippen molar-refractivity contribution < 1.29 is 4.79 Å². The minimum atomic E-state index is 0. The van der Waals surface area contributed by atoms with Crippen LogP contribution in [0.15, 0.2) is 36.5 Å². The van der Waals surface area contributed by atoms with Crippen molar-refractivity contribution in [1.29, 1.82) is 0 Å². The first-order valence-electron chi connectivity index (χ1n) is 7.85. The standard InChI is InChI=1S/C17H22N4O.2ClH/c1-2-13-3-5-14(6-4-13)16-12-18-9-10-21(16)17(22)11-15-7-8-19-20-15;;/h3-8,16,18H,2,9-12H2,1H3,(H,19,20);2*1H. The summed E-state index contributed by atoms with van der Waals surface area (Å²) in [5.74, 6) is 0.148. The second-order valence-corrected chi connectivity index (χ2v) is 5.66. The van der Waals surface area contributed by atoms with Gasteiger partial charge in [0.1, 0.15) is 0 Å². The first-order valence-corrected chi connectivity index (χ1v) is 7.85. The summed E-state index contributed by atoms with van der Waals surface area (Å²) in [5, 5.41) is 10.2. The van der Waals surface area contributed by atoms with Gasteiger partial charge in [0, 0.05) is 31.5 Å². The highest BCUT2D eigenvalue weighted by atomic mass is 35.5. The summed E-state index contributed by atoms with van der Waals surface area (Å²) in [4.78, 5) is 14.6. The van der Waals surface area contributed by atoms with E-state index in [0.29, 0.717) is 6.42 Å². The Labute approximate surface area is 155 Å². The number of piperazine rings is 1. The van der Waals surface area contributed by atoms with Crippen molar-refractivity contribution in [1.82, 2.24) is 20.4 Å². The minimum absolute atomic E-state index is 0. The monoisotopic (exact) mass is 370 g/mol. The predicted molar refractivity (Wildman–Crippen MR) is 99.9 cm³/mol. The van der Waals surface area contributed by atoms with Gasteiger partial charge in [-0.2, -0.15) is 5.10 Å². The first-order chi connectivity index (χ1) is 10.8. The molecule has 0 saturated carbocycles. The number of aromatic nitrogens is 2. The number of hydrogen-bond donors (Lipinski definition) is 2. The zero-order chi connectivity index (χ0) is 15.4. The van der Waals surface area contributed by atoms with Crippen LogP contribution < -0.4 is 5.32 Å². The molecule has 1 aromatic heterocycles. The van der Waals surface area contributed by atoms with E-state index in [-0.39, 0.29) is 36.8 Å². The van der Waals surface area contributed by atoms with Crippen LogP contribution in [0.1, 0.15) is 29.8 Å². The number of halogens is 2. The number of rotatable bonds is 4. The molecular weight excluding hydrogens is 347 g/mol. The third-order valence-electron chi connectivity index (χ3n) is 4.24. The second kappa shape index (κ2) is 9.67. The molecule has 1 aromatic carbocycles. The lowest BCUT2D eigenvalue weighted by atomic mass is 10.0. The zero-order valence-electron chi connectivity index (χ0n) is 13.7. The SMILES string of the molecule is CCc1ccc(C2CNCCN2C(=O)Cc2ccn[nH]2)cc1.Cl.Cl. The molecule has 2 N–H and O–H groups in total. The van der Waals surface area contributed by atoms with Gasteiger partial charge in [-0.15, -0.1) is 24.8 Å². The molecule has 1 aliphatic rings. The van der Waals surface area contributed by atoms with Crippen molar-refractivity contribution in [2.24, 2.45) is 0 Å². The lowest BCUT2D eigenvalue weighted by Gasteiger charge is -2.36. The van der Waals surface area contributed by atoms with Crippen molar-refractivity contribution in [3.63, 3.8) is 0 Å². The van der Waals surface area contributed by atoms with Crippen molar-refractivity contribution in [3.05, 3.63) is 53.3 Å². The minimum Gasteiger partial charge on any atom is -0.333 e. The Kier molecular flexibility index (Phi) is 8.25. The maximum absolute atomic E-state index is 12.6. The number of amides is 1. The maximum atomic E-state index is 12.6. The fourth-order valence-corrected chi connectivity index (χ4v) is 2.92. The average Bonchev–Trinajstić information content (AvgIpc) is 3.08. The summed E-state index contributed by atoms with van der Waals surface area (Å²) in [5.41, 5.74) is 3.38. The molecule has 0 radical (unpaired) electrons. The van der Waals surface area contributed by atoms with Gasteiger partial charge in [0.15, 0.2) is 0 Å². The molecule has 132 valence electrons. The lowest BCUT2D eigenvalue weighted by molar-refractivity contribution is -0.133. The van der Waals surface area contributed by atoms with E-state index < -0.39 is 0 Å². The van der Waals surface area contributed by atoms with Gasteiger partial charge in [0.2, 0.25) is 5.91 Å². The number of aromatic amines is 1. The quantitative estimate of drug-likeness (QED) is 0.868. The van der Waals surface area contributed by atoms with E-state index in [1.54, 1.807) is 6.20 Å². The number of H-pyrrole nitrogens is 1. The number of carbonyl (C=O) groups is 1. The molecule has 24 heavy (non-hydrogen) atoms. The van der Waals surface area contributed by atoms with E-state index in [9.17, 15) is 4.79 Å². The van der Waals surface area contributed by atoms with Crippen molar-refractivity contribution >= 4 is 30.7 Å². The number of carbonyl (C=O) groups excluding carboxylic acids is 1. The van der Waals surface area contributed by atoms with Gasteiger partial charge in [-0.3, -0.25) is 9.89 Å². The van der Waals surface area contributed by atoms with E-state index in [1.165, 1.54) is 11.1 Å². The first kappa shape index (κ1) is 20.5. The number of nitrogens with zero attached hydrogens (tertiary/aromatic N) is 2. The molecule has 1 saturated heterocycles. The summed E-state index contributed by atoms with van der Waals surface area (Å²) in [6, 6.07) is 10.6. The molecule has 1 atom stereocenters. The predicted octanol–water partition coefficient (Wildman–Crippen LogP) is 2.53. The summed E-state index contributed by atoms with van der Waals surface area (Å²) in [7, 11) is 0. The van der Waals surface area contributed by atoms with Gasteiger partial charge in [0.05, 0.1) is 12.5 Å². The van der Waals surface area contributed by atoms with Crippen molar-refractivity contribution in [2.75, 3.05) is 19.6 Å². The van der Waals surface area contributed by atoms with Gasteiger partial charge in [-0.25, -0.2) is 0 Å². The lowest BCUT2D eigenvalue weighted by Crippen LogP contribution is -2.49. The number of nitrogens with one attached hydrogen (secondary N) is 2. The Morgan fingerprint density at radius 1 is 1.25 bits per heavy atom.